The Bertz CT molecular complexity index is 2670. The van der Waals surface area contributed by atoms with E-state index in [1.807, 2.05) is 66.7 Å². The van der Waals surface area contributed by atoms with E-state index in [4.69, 9.17) is 18.6 Å². The molecule has 0 aliphatic carbocycles. The predicted octanol–water partition coefficient (Wildman–Crippen LogP) is 14.0. The summed E-state index contributed by atoms with van der Waals surface area (Å²) in [6, 6.07) is 44.8. The molecule has 0 bridgehead atoms. The van der Waals surface area contributed by atoms with E-state index in [9.17, 15) is 30.0 Å². The molecule has 364 valence electrons. The van der Waals surface area contributed by atoms with E-state index in [-0.39, 0.29) is 24.0 Å². The molecule has 0 saturated carbocycles. The van der Waals surface area contributed by atoms with Crippen LogP contribution in [-0.2, 0) is 26.1 Å². The molecule has 1 N–H and O–H groups in total. The summed E-state index contributed by atoms with van der Waals surface area (Å²) >= 11 is 1.78. The molecule has 0 spiro atoms. The molecule has 8 nitrogen and oxygen atoms in total. The van der Waals surface area contributed by atoms with Crippen LogP contribution < -0.4 is 24.3 Å². The number of aryl methyl sites for hydroxylation is 1. The first-order chi connectivity index (χ1) is 31.8. The zero-order valence-corrected chi connectivity index (χ0v) is 42.0. The maximum atomic E-state index is 14.1. The van der Waals surface area contributed by atoms with Gasteiger partial charge in [0.15, 0.2) is 21.1 Å². The van der Waals surface area contributed by atoms with Gasteiger partial charge in [0.2, 0.25) is 11.4 Å². The number of methoxy groups -OCH3 is 2. The molecule has 1 aliphatic rings. The topological polar surface area (TPSA) is 73.1 Å². The number of carbonyl (C=O) groups is 1. The summed E-state index contributed by atoms with van der Waals surface area (Å²) in [5.41, 5.74) is 5.17. The number of thioether (sulfide) groups is 1. The van der Waals surface area contributed by atoms with Crippen molar-refractivity contribution >= 4 is 56.5 Å². The van der Waals surface area contributed by atoms with Gasteiger partial charge in [-0.05, 0) is 88.9 Å². The van der Waals surface area contributed by atoms with E-state index < -0.39 is 27.8 Å². The number of pyridine rings is 1. The van der Waals surface area contributed by atoms with Gasteiger partial charge in [0.1, 0.15) is 17.1 Å². The average Bonchev–Trinajstić information content (AvgIpc) is 3.61. The molecule has 17 heteroatoms. The second kappa shape index (κ2) is 19.9. The Labute approximate surface area is 399 Å². The second-order valence-electron chi connectivity index (χ2n) is 18.0. The number of nitrogens with one attached hydrogen (secondary N) is 1. The van der Waals surface area contributed by atoms with Crippen LogP contribution in [0.25, 0.3) is 17.0 Å². The number of fused-ring (bicyclic) bond motifs is 2. The van der Waals surface area contributed by atoms with Crippen molar-refractivity contribution in [2.45, 2.75) is 68.4 Å². The Kier molecular flexibility index (Phi) is 15.2. The molecule has 1 atom stereocenters. The molecular weight excluding hydrogens is 940 g/mol. The number of carbonyl (C=O) groups excluding carboxylic acids is 1. The van der Waals surface area contributed by atoms with Crippen LogP contribution in [-0.4, -0.2) is 54.7 Å². The van der Waals surface area contributed by atoms with Gasteiger partial charge in [-0.15, -0.1) is 0 Å². The number of nitrogens with zero attached hydrogens (tertiary/aromatic N) is 2. The Morgan fingerprint density at radius 2 is 1.28 bits per heavy atom. The SMILES string of the molecule is COc1ccc(C(OC[C@H](CO[Si](C)(C)C(C)(C)C)NC(=O)CC[n+]2ccc(/C=C3\Sc4ccccc4N3C)c3ccccc32)(c2ccccc2)c2ccc(OC)cc2)cc1.F[P-](F)(F)(F)(F)F. The monoisotopic (exact) mass is 997 g/mol. The third kappa shape index (κ3) is 13.7. The van der Waals surface area contributed by atoms with Crippen LogP contribution in [0.15, 0.2) is 150 Å². The van der Waals surface area contributed by atoms with Crippen molar-refractivity contribution in [2.75, 3.05) is 39.4 Å². The molecule has 0 unspecified atom stereocenters. The molecule has 0 radical (unpaired) electrons. The van der Waals surface area contributed by atoms with E-state index in [0.29, 0.717) is 13.2 Å². The fourth-order valence-corrected chi connectivity index (χ4v) is 9.64. The van der Waals surface area contributed by atoms with Gasteiger partial charge in [0, 0.05) is 24.1 Å². The van der Waals surface area contributed by atoms with Crippen LogP contribution in [0, 0.1) is 0 Å². The Balaban J connectivity index is 0.00000101. The third-order valence-electron chi connectivity index (χ3n) is 12.1. The van der Waals surface area contributed by atoms with Crippen molar-refractivity contribution in [2.24, 2.45) is 0 Å². The van der Waals surface area contributed by atoms with Crippen LogP contribution in [0.1, 0.15) is 49.4 Å². The predicted molar refractivity (Wildman–Crippen MR) is 264 cm³/mol. The number of anilines is 1. The number of hydrogen-bond donors (Lipinski definition) is 1. The molecule has 6 aromatic rings. The number of benzene rings is 5. The number of aromatic nitrogens is 1. The maximum absolute atomic E-state index is 14.1. The van der Waals surface area contributed by atoms with Gasteiger partial charge in [-0.3, -0.25) is 4.79 Å². The Hall–Kier alpha value is -5.38. The summed E-state index contributed by atoms with van der Waals surface area (Å²) in [6.45, 7) is 12.2. The van der Waals surface area contributed by atoms with E-state index in [2.05, 4.69) is 135 Å². The van der Waals surface area contributed by atoms with Crippen molar-refractivity contribution in [1.29, 1.82) is 0 Å². The Morgan fingerprint density at radius 1 is 0.750 bits per heavy atom. The van der Waals surface area contributed by atoms with E-state index in [1.165, 1.54) is 15.6 Å². The molecule has 68 heavy (non-hydrogen) atoms. The van der Waals surface area contributed by atoms with Crippen LogP contribution in [0.4, 0.5) is 30.9 Å². The van der Waals surface area contributed by atoms with Gasteiger partial charge in [0.05, 0.1) is 56.0 Å². The number of rotatable bonds is 16. The second-order valence-corrected chi connectivity index (χ2v) is 25.7. The van der Waals surface area contributed by atoms with Crippen LogP contribution >= 0.6 is 19.6 Å². The van der Waals surface area contributed by atoms with Crippen LogP contribution in [0.3, 0.4) is 0 Å². The summed E-state index contributed by atoms with van der Waals surface area (Å²) in [5, 5.41) is 5.65. The first-order valence-corrected chi connectivity index (χ1v) is 27.6. The first-order valence-electron chi connectivity index (χ1n) is 21.9. The van der Waals surface area contributed by atoms with Crippen molar-refractivity contribution in [3.05, 3.63) is 167 Å². The number of amides is 1. The van der Waals surface area contributed by atoms with Gasteiger partial charge in [0.25, 0.3) is 0 Å². The summed E-state index contributed by atoms with van der Waals surface area (Å²) < 4.78 is 86.6. The molecule has 0 fully saturated rings. The molecule has 0 saturated heterocycles. The Morgan fingerprint density at radius 3 is 1.84 bits per heavy atom. The summed E-state index contributed by atoms with van der Waals surface area (Å²) in [6.07, 6.45) is 4.62. The van der Waals surface area contributed by atoms with Gasteiger partial charge >= 0.3 is 33.0 Å². The molecule has 2 heterocycles. The van der Waals surface area contributed by atoms with Gasteiger partial charge in [-0.1, -0.05) is 111 Å². The summed E-state index contributed by atoms with van der Waals surface area (Å²) in [7, 11) is -7.41. The zero-order valence-electron chi connectivity index (χ0n) is 39.3. The van der Waals surface area contributed by atoms with E-state index in [0.717, 1.165) is 44.7 Å². The summed E-state index contributed by atoms with van der Waals surface area (Å²) in [4.78, 5) is 17.6. The quantitative estimate of drug-likeness (QED) is 0.0340. The van der Waals surface area contributed by atoms with Gasteiger partial charge in [-0.2, -0.15) is 4.57 Å². The van der Waals surface area contributed by atoms with Crippen LogP contribution in [0.5, 0.6) is 11.5 Å². The molecule has 1 amide bonds. The number of halogens is 6. The van der Waals surface area contributed by atoms with Crippen molar-refractivity contribution in [3.8, 4) is 11.5 Å². The zero-order chi connectivity index (χ0) is 49.6. The molecule has 5 aromatic carbocycles. The van der Waals surface area contributed by atoms with Crippen molar-refractivity contribution in [3.63, 3.8) is 0 Å². The third-order valence-corrected chi connectivity index (χ3v) is 17.7. The standard InChI is InChI=1S/C51H57N3O5SSi.F6P/c1-50(2,3)61(7,8)59-36-41(35-58-51(38-16-10-9-11-17-38,39-22-26-42(56-5)27-23-39)40-24-28-43(57-6)29-25-40)52-48(55)31-33-54-32-30-37(44-18-12-13-19-45(44)54)34-49-53(4)46-20-14-15-21-47(46)60-49;1-7(2,3,4,5)6/h9-30,32,34,41H,31,33,35-36H2,1-8H3;/q;-1/p+1/t41-;/m1./s1. The normalized spacial score (nSPS) is 15.1. The molecule has 7 rings (SSSR count). The number of ether oxygens (including phenoxy) is 3. The number of para-hydroxylation sites is 2. The average molecular weight is 998 g/mol. The first kappa shape index (κ1) is 52.0. The fraction of sp³-hybridized carbons (Fsp3) is 0.294. The van der Waals surface area contributed by atoms with Crippen LogP contribution in [0.2, 0.25) is 18.1 Å². The minimum atomic E-state index is -10.7. The van der Waals surface area contributed by atoms with Gasteiger partial charge < -0.3 is 28.9 Å². The molecule has 1 aromatic heterocycles. The van der Waals surface area contributed by atoms with Gasteiger partial charge in [-0.25, -0.2) is 0 Å². The van der Waals surface area contributed by atoms with E-state index in [1.54, 1.807) is 26.0 Å². The minimum absolute atomic E-state index is 0.0158. The molecule has 1 aliphatic heterocycles. The molecular formula is C51H58F6N3O5PSSi. The fourth-order valence-electron chi connectivity index (χ4n) is 7.49. The number of hydrogen-bond acceptors (Lipinski definition) is 7. The van der Waals surface area contributed by atoms with Crippen molar-refractivity contribution < 1.29 is 53.2 Å². The summed E-state index contributed by atoms with van der Waals surface area (Å²) in [5.74, 6) is 1.42. The van der Waals surface area contributed by atoms with E-state index >= 15 is 0 Å². The van der Waals surface area contributed by atoms with Crippen molar-refractivity contribution in [1.82, 2.24) is 5.32 Å².